The van der Waals surface area contributed by atoms with Crippen LogP contribution in [0.4, 0.5) is 8.78 Å². The van der Waals surface area contributed by atoms with Gasteiger partial charge in [0.15, 0.2) is 0 Å². The van der Waals surface area contributed by atoms with Crippen LogP contribution < -0.4 is 0 Å². The van der Waals surface area contributed by atoms with Crippen LogP contribution in [-0.4, -0.2) is 5.11 Å². The molecular weight excluding hydrogens is 246 g/mol. The van der Waals surface area contributed by atoms with Gasteiger partial charge < -0.3 is 5.11 Å². The van der Waals surface area contributed by atoms with Crippen LogP contribution in [-0.2, 0) is 0 Å². The Morgan fingerprint density at radius 1 is 0.947 bits per heavy atom. The molecule has 2 aromatic carbocycles. The Balaban J connectivity index is 1.93. The molecule has 1 unspecified atom stereocenters. The zero-order valence-corrected chi connectivity index (χ0v) is 10.3. The second kappa shape index (κ2) is 4.74. The summed E-state index contributed by atoms with van der Waals surface area (Å²) in [5.41, 5.74) is 2.10. The first-order chi connectivity index (χ1) is 9.13. The Kier molecular flexibility index (Phi) is 3.07. The van der Waals surface area contributed by atoms with E-state index in [1.807, 2.05) is 18.2 Å². The SMILES string of the molecule is OC(c1cc(F)cc(F)c1)c1cccc(C2CC2)c1. The van der Waals surface area contributed by atoms with Gasteiger partial charge in [0, 0.05) is 6.07 Å². The lowest BCUT2D eigenvalue weighted by atomic mass is 9.98. The molecule has 0 amide bonds. The number of rotatable bonds is 3. The third-order valence-electron chi connectivity index (χ3n) is 3.48. The minimum atomic E-state index is -0.996. The van der Waals surface area contributed by atoms with Gasteiger partial charge in [0.05, 0.1) is 0 Å². The summed E-state index contributed by atoms with van der Waals surface area (Å²) in [7, 11) is 0. The van der Waals surface area contributed by atoms with Crippen LogP contribution in [0.5, 0.6) is 0 Å². The van der Waals surface area contributed by atoms with Gasteiger partial charge >= 0.3 is 0 Å². The van der Waals surface area contributed by atoms with Crippen molar-refractivity contribution in [2.75, 3.05) is 0 Å². The van der Waals surface area contributed by atoms with Crippen molar-refractivity contribution in [3.8, 4) is 0 Å². The van der Waals surface area contributed by atoms with Crippen LogP contribution in [0.15, 0.2) is 42.5 Å². The molecule has 0 bridgehead atoms. The summed E-state index contributed by atoms with van der Waals surface area (Å²) >= 11 is 0. The molecule has 1 fully saturated rings. The van der Waals surface area contributed by atoms with Crippen LogP contribution in [0.1, 0.15) is 41.6 Å². The van der Waals surface area contributed by atoms with E-state index in [0.29, 0.717) is 11.5 Å². The van der Waals surface area contributed by atoms with E-state index >= 15 is 0 Å². The lowest BCUT2D eigenvalue weighted by Crippen LogP contribution is -2.01. The first kappa shape index (κ1) is 12.3. The average Bonchev–Trinajstić information content (AvgIpc) is 3.21. The van der Waals surface area contributed by atoms with Gasteiger partial charge in [-0.1, -0.05) is 24.3 Å². The highest BCUT2D eigenvalue weighted by Gasteiger charge is 2.24. The fourth-order valence-electron chi connectivity index (χ4n) is 2.33. The van der Waals surface area contributed by atoms with E-state index in [4.69, 9.17) is 0 Å². The molecule has 0 heterocycles. The Morgan fingerprint density at radius 2 is 1.63 bits per heavy atom. The van der Waals surface area contributed by atoms with Gasteiger partial charge in [-0.15, -0.1) is 0 Å². The number of hydrogen-bond donors (Lipinski definition) is 1. The molecule has 1 nitrogen and oxygen atoms in total. The van der Waals surface area contributed by atoms with E-state index in [-0.39, 0.29) is 5.56 Å². The zero-order valence-electron chi connectivity index (χ0n) is 10.3. The van der Waals surface area contributed by atoms with Crippen molar-refractivity contribution < 1.29 is 13.9 Å². The monoisotopic (exact) mass is 260 g/mol. The van der Waals surface area contributed by atoms with E-state index in [1.165, 1.54) is 18.4 Å². The molecule has 0 spiro atoms. The van der Waals surface area contributed by atoms with Gasteiger partial charge in [0.2, 0.25) is 0 Å². The van der Waals surface area contributed by atoms with Crippen LogP contribution in [0.3, 0.4) is 0 Å². The minimum absolute atomic E-state index is 0.241. The Labute approximate surface area is 110 Å². The van der Waals surface area contributed by atoms with Gasteiger partial charge in [0.25, 0.3) is 0 Å². The van der Waals surface area contributed by atoms with Crippen molar-refractivity contribution in [2.45, 2.75) is 24.9 Å². The fourth-order valence-corrected chi connectivity index (χ4v) is 2.33. The van der Waals surface area contributed by atoms with Crippen molar-refractivity contribution >= 4 is 0 Å². The maximum Gasteiger partial charge on any atom is 0.126 e. The van der Waals surface area contributed by atoms with Crippen LogP contribution in [0.2, 0.25) is 0 Å². The molecule has 0 aliphatic heterocycles. The maximum absolute atomic E-state index is 13.2. The molecule has 19 heavy (non-hydrogen) atoms. The van der Waals surface area contributed by atoms with Crippen molar-refractivity contribution in [2.24, 2.45) is 0 Å². The van der Waals surface area contributed by atoms with Crippen molar-refractivity contribution in [3.63, 3.8) is 0 Å². The number of halogens is 2. The smallest absolute Gasteiger partial charge is 0.126 e. The lowest BCUT2D eigenvalue weighted by molar-refractivity contribution is 0.219. The Morgan fingerprint density at radius 3 is 2.26 bits per heavy atom. The van der Waals surface area contributed by atoms with Crippen LogP contribution in [0, 0.1) is 11.6 Å². The molecule has 1 atom stereocenters. The fraction of sp³-hybridized carbons (Fsp3) is 0.250. The summed E-state index contributed by atoms with van der Waals surface area (Å²) in [6.45, 7) is 0. The highest BCUT2D eigenvalue weighted by atomic mass is 19.1. The molecule has 0 radical (unpaired) electrons. The van der Waals surface area contributed by atoms with E-state index in [2.05, 4.69) is 0 Å². The van der Waals surface area contributed by atoms with E-state index < -0.39 is 17.7 Å². The Hall–Kier alpha value is -1.74. The number of aliphatic hydroxyl groups excluding tert-OH is 1. The van der Waals surface area contributed by atoms with E-state index in [1.54, 1.807) is 6.07 Å². The average molecular weight is 260 g/mol. The summed E-state index contributed by atoms with van der Waals surface area (Å²) in [5, 5.41) is 10.2. The molecule has 3 heteroatoms. The number of hydrogen-bond acceptors (Lipinski definition) is 1. The predicted octanol–water partition coefficient (Wildman–Crippen LogP) is 3.92. The molecule has 98 valence electrons. The molecule has 0 aromatic heterocycles. The Bertz CT molecular complexity index is 585. The van der Waals surface area contributed by atoms with Crippen LogP contribution in [0.25, 0.3) is 0 Å². The van der Waals surface area contributed by atoms with Crippen LogP contribution >= 0.6 is 0 Å². The summed E-state index contributed by atoms with van der Waals surface area (Å²) in [6, 6.07) is 10.7. The van der Waals surface area contributed by atoms with Gasteiger partial charge in [0.1, 0.15) is 17.7 Å². The van der Waals surface area contributed by atoms with Gasteiger partial charge in [-0.3, -0.25) is 0 Å². The van der Waals surface area contributed by atoms with Gasteiger partial charge in [-0.2, -0.15) is 0 Å². The normalized spacial score (nSPS) is 16.4. The maximum atomic E-state index is 13.2. The highest BCUT2D eigenvalue weighted by molar-refractivity contribution is 5.35. The molecule has 0 saturated heterocycles. The summed E-state index contributed by atoms with van der Waals surface area (Å²) in [5.74, 6) is -0.767. The summed E-state index contributed by atoms with van der Waals surface area (Å²) in [6.07, 6.45) is 1.35. The summed E-state index contributed by atoms with van der Waals surface area (Å²) < 4.78 is 26.3. The third-order valence-corrected chi connectivity index (χ3v) is 3.48. The molecule has 1 aliphatic carbocycles. The second-order valence-corrected chi connectivity index (χ2v) is 5.05. The van der Waals surface area contributed by atoms with Gasteiger partial charge in [-0.25, -0.2) is 8.78 Å². The molecule has 3 rings (SSSR count). The molecule has 1 saturated carbocycles. The highest BCUT2D eigenvalue weighted by Crippen LogP contribution is 2.40. The van der Waals surface area contributed by atoms with E-state index in [9.17, 15) is 13.9 Å². The van der Waals surface area contributed by atoms with Crippen molar-refractivity contribution in [1.29, 1.82) is 0 Å². The number of aliphatic hydroxyl groups is 1. The largest absolute Gasteiger partial charge is 0.384 e. The standard InChI is InChI=1S/C16H14F2O/c17-14-7-13(8-15(18)9-14)16(19)12-3-1-2-11(6-12)10-4-5-10/h1-3,6-10,16,19H,4-5H2. The quantitative estimate of drug-likeness (QED) is 0.886. The van der Waals surface area contributed by atoms with E-state index in [0.717, 1.165) is 18.2 Å². The zero-order chi connectivity index (χ0) is 13.4. The molecule has 1 N–H and O–H groups in total. The molecule has 2 aromatic rings. The first-order valence-corrected chi connectivity index (χ1v) is 6.37. The molecule has 1 aliphatic rings. The van der Waals surface area contributed by atoms with Gasteiger partial charge in [-0.05, 0) is 47.6 Å². The second-order valence-electron chi connectivity index (χ2n) is 5.05. The predicted molar refractivity (Wildman–Crippen MR) is 68.8 cm³/mol. The lowest BCUT2D eigenvalue weighted by Gasteiger charge is -2.13. The summed E-state index contributed by atoms with van der Waals surface area (Å²) in [4.78, 5) is 0. The van der Waals surface area contributed by atoms with Crippen molar-refractivity contribution in [1.82, 2.24) is 0 Å². The van der Waals surface area contributed by atoms with Crippen molar-refractivity contribution in [3.05, 3.63) is 70.8 Å². The third kappa shape index (κ3) is 2.66. The number of benzene rings is 2. The molecular formula is C16H14F2O. The first-order valence-electron chi connectivity index (χ1n) is 6.37. The minimum Gasteiger partial charge on any atom is -0.384 e. The topological polar surface area (TPSA) is 20.2 Å².